The fourth-order valence-electron chi connectivity index (χ4n) is 1.87. The molecule has 1 heterocycles. The number of carbonyl (C=O) groups excluding carboxylic acids is 1. The van der Waals surface area contributed by atoms with Crippen molar-refractivity contribution in [1.29, 1.82) is 0 Å². The normalized spacial score (nSPS) is 20.7. The topological polar surface area (TPSA) is 32.3 Å². The Kier molecular flexibility index (Phi) is 4.58. The number of amides is 1. The van der Waals surface area contributed by atoms with E-state index in [2.05, 4.69) is 26.1 Å². The van der Waals surface area contributed by atoms with Crippen molar-refractivity contribution in [2.45, 2.75) is 52.6 Å². The summed E-state index contributed by atoms with van der Waals surface area (Å²) in [5, 5.41) is 3.36. The van der Waals surface area contributed by atoms with Crippen molar-refractivity contribution in [2.75, 3.05) is 13.1 Å². The van der Waals surface area contributed by atoms with Gasteiger partial charge in [-0.3, -0.25) is 4.79 Å². The van der Waals surface area contributed by atoms with E-state index in [-0.39, 0.29) is 11.9 Å². The minimum atomic E-state index is -0.0412. The summed E-state index contributed by atoms with van der Waals surface area (Å²) in [7, 11) is 0. The largest absolute Gasteiger partial charge is 0.341 e. The van der Waals surface area contributed by atoms with Gasteiger partial charge in [0, 0.05) is 19.1 Å². The average Bonchev–Trinajstić information content (AvgIpc) is 2.68. The second-order valence-corrected chi connectivity index (χ2v) is 4.95. The Morgan fingerprint density at radius 2 is 1.67 bits per heavy atom. The molecule has 1 N–H and O–H groups in total. The van der Waals surface area contributed by atoms with E-state index in [4.69, 9.17) is 0 Å². The average molecular weight is 212 g/mol. The maximum Gasteiger partial charge on any atom is 0.239 e. The number of hydrogen-bond acceptors (Lipinski definition) is 2. The quantitative estimate of drug-likeness (QED) is 0.768. The fraction of sp³-hybridized carbons (Fsp3) is 0.917. The van der Waals surface area contributed by atoms with Crippen LogP contribution < -0.4 is 5.32 Å². The Hall–Kier alpha value is -0.570. The molecular formula is C12H24N2O. The van der Waals surface area contributed by atoms with Gasteiger partial charge >= 0.3 is 0 Å². The molecule has 1 fully saturated rings. The van der Waals surface area contributed by atoms with Crippen LogP contribution in [0.5, 0.6) is 0 Å². The molecule has 0 spiro atoms. The molecule has 15 heavy (non-hydrogen) atoms. The highest BCUT2D eigenvalue weighted by atomic mass is 16.2. The van der Waals surface area contributed by atoms with E-state index in [1.54, 1.807) is 0 Å². The van der Waals surface area contributed by atoms with Crippen molar-refractivity contribution in [3.05, 3.63) is 0 Å². The highest BCUT2D eigenvalue weighted by Crippen LogP contribution is 2.10. The van der Waals surface area contributed by atoms with Crippen LogP contribution in [0.15, 0.2) is 0 Å². The molecule has 0 aliphatic carbocycles. The van der Waals surface area contributed by atoms with Crippen molar-refractivity contribution >= 4 is 5.91 Å². The number of hydrogen-bond donors (Lipinski definition) is 1. The molecular weight excluding hydrogens is 188 g/mol. The lowest BCUT2D eigenvalue weighted by molar-refractivity contribution is -0.132. The molecule has 2 atom stereocenters. The molecule has 0 saturated carbocycles. The SMILES string of the molecule is CC(NC(C)C(C)C)C(=O)N1CCCC1. The number of likely N-dealkylation sites (tertiary alicyclic amines) is 1. The Bertz CT molecular complexity index is 210. The van der Waals surface area contributed by atoms with Crippen LogP contribution in [0.2, 0.25) is 0 Å². The van der Waals surface area contributed by atoms with Gasteiger partial charge in [0.05, 0.1) is 6.04 Å². The smallest absolute Gasteiger partial charge is 0.239 e. The lowest BCUT2D eigenvalue weighted by Gasteiger charge is -2.25. The summed E-state index contributed by atoms with van der Waals surface area (Å²) in [5.41, 5.74) is 0. The summed E-state index contributed by atoms with van der Waals surface area (Å²) >= 11 is 0. The van der Waals surface area contributed by atoms with Crippen LogP contribution in [0, 0.1) is 5.92 Å². The maximum absolute atomic E-state index is 12.0. The molecule has 3 nitrogen and oxygen atoms in total. The second-order valence-electron chi connectivity index (χ2n) is 4.95. The highest BCUT2D eigenvalue weighted by molar-refractivity contribution is 5.81. The summed E-state index contributed by atoms with van der Waals surface area (Å²) in [5.74, 6) is 0.832. The van der Waals surface area contributed by atoms with Gasteiger partial charge in [-0.05, 0) is 32.6 Å². The van der Waals surface area contributed by atoms with Gasteiger partial charge in [-0.2, -0.15) is 0 Å². The van der Waals surface area contributed by atoms with E-state index in [9.17, 15) is 4.79 Å². The van der Waals surface area contributed by atoms with Crippen molar-refractivity contribution < 1.29 is 4.79 Å². The first kappa shape index (κ1) is 12.5. The third-order valence-corrected chi connectivity index (χ3v) is 3.30. The first-order valence-electron chi connectivity index (χ1n) is 6.07. The molecule has 0 aromatic carbocycles. The zero-order valence-corrected chi connectivity index (χ0v) is 10.4. The van der Waals surface area contributed by atoms with E-state index < -0.39 is 0 Å². The van der Waals surface area contributed by atoms with Gasteiger partial charge in [0.15, 0.2) is 0 Å². The Morgan fingerprint density at radius 3 is 2.13 bits per heavy atom. The Morgan fingerprint density at radius 1 is 1.13 bits per heavy atom. The van der Waals surface area contributed by atoms with Gasteiger partial charge in [-0.15, -0.1) is 0 Å². The minimum absolute atomic E-state index is 0.0412. The maximum atomic E-state index is 12.0. The van der Waals surface area contributed by atoms with E-state index in [1.165, 1.54) is 0 Å². The molecule has 0 bridgehead atoms. The summed E-state index contributed by atoms with van der Waals surface area (Å²) in [6.45, 7) is 10.3. The molecule has 3 heteroatoms. The molecule has 2 unspecified atom stereocenters. The van der Waals surface area contributed by atoms with E-state index in [0.717, 1.165) is 25.9 Å². The summed E-state index contributed by atoms with van der Waals surface area (Å²) in [6, 6.07) is 0.354. The van der Waals surface area contributed by atoms with Crippen LogP contribution in [0.4, 0.5) is 0 Å². The van der Waals surface area contributed by atoms with Crippen LogP contribution >= 0.6 is 0 Å². The van der Waals surface area contributed by atoms with Crippen LogP contribution in [-0.2, 0) is 4.79 Å². The summed E-state index contributed by atoms with van der Waals surface area (Å²) in [4.78, 5) is 13.9. The molecule has 0 aromatic rings. The van der Waals surface area contributed by atoms with E-state index in [1.807, 2.05) is 11.8 Å². The van der Waals surface area contributed by atoms with Crippen molar-refractivity contribution in [1.82, 2.24) is 10.2 Å². The number of rotatable bonds is 4. The second kappa shape index (κ2) is 5.50. The van der Waals surface area contributed by atoms with Crippen LogP contribution in [0.1, 0.15) is 40.5 Å². The van der Waals surface area contributed by atoms with Crippen LogP contribution in [0.3, 0.4) is 0 Å². The van der Waals surface area contributed by atoms with Gasteiger partial charge < -0.3 is 10.2 Å². The predicted octanol–water partition coefficient (Wildman–Crippen LogP) is 1.63. The van der Waals surface area contributed by atoms with Gasteiger partial charge in [0.25, 0.3) is 0 Å². The zero-order valence-electron chi connectivity index (χ0n) is 10.4. The van der Waals surface area contributed by atoms with Gasteiger partial charge in [0.1, 0.15) is 0 Å². The number of nitrogens with zero attached hydrogens (tertiary/aromatic N) is 1. The first-order valence-corrected chi connectivity index (χ1v) is 6.07. The number of nitrogens with one attached hydrogen (secondary N) is 1. The molecule has 1 amide bonds. The molecule has 1 saturated heterocycles. The third kappa shape index (κ3) is 3.49. The van der Waals surface area contributed by atoms with Crippen molar-refractivity contribution in [3.63, 3.8) is 0 Å². The molecule has 1 aliphatic rings. The first-order chi connectivity index (χ1) is 7.02. The van der Waals surface area contributed by atoms with Crippen molar-refractivity contribution in [3.8, 4) is 0 Å². The lowest BCUT2D eigenvalue weighted by atomic mass is 10.1. The minimum Gasteiger partial charge on any atom is -0.341 e. The van der Waals surface area contributed by atoms with Gasteiger partial charge in [0.2, 0.25) is 5.91 Å². The zero-order chi connectivity index (χ0) is 11.4. The van der Waals surface area contributed by atoms with Crippen LogP contribution in [0.25, 0.3) is 0 Å². The summed E-state index contributed by atoms with van der Waals surface area (Å²) < 4.78 is 0. The monoisotopic (exact) mass is 212 g/mol. The highest BCUT2D eigenvalue weighted by Gasteiger charge is 2.24. The molecule has 0 radical (unpaired) electrons. The Labute approximate surface area is 93.2 Å². The van der Waals surface area contributed by atoms with Crippen LogP contribution in [-0.4, -0.2) is 36.0 Å². The van der Waals surface area contributed by atoms with Gasteiger partial charge in [-0.25, -0.2) is 0 Å². The lowest BCUT2D eigenvalue weighted by Crippen LogP contribution is -2.48. The van der Waals surface area contributed by atoms with E-state index in [0.29, 0.717) is 12.0 Å². The molecule has 1 rings (SSSR count). The number of carbonyl (C=O) groups is 1. The molecule has 1 aliphatic heterocycles. The standard InChI is InChI=1S/C12H24N2O/c1-9(2)10(3)13-11(4)12(15)14-7-5-6-8-14/h9-11,13H,5-8H2,1-4H3. The van der Waals surface area contributed by atoms with Gasteiger partial charge in [-0.1, -0.05) is 13.8 Å². The van der Waals surface area contributed by atoms with E-state index >= 15 is 0 Å². The molecule has 0 aromatic heterocycles. The third-order valence-electron chi connectivity index (χ3n) is 3.30. The Balaban J connectivity index is 2.38. The summed E-state index contributed by atoms with van der Waals surface area (Å²) in [6.07, 6.45) is 2.33. The van der Waals surface area contributed by atoms with Crippen molar-refractivity contribution in [2.24, 2.45) is 5.92 Å². The fourth-order valence-corrected chi connectivity index (χ4v) is 1.87. The predicted molar refractivity (Wildman–Crippen MR) is 62.7 cm³/mol. The molecule has 88 valence electrons.